The number of ether oxygens (including phenoxy) is 1. The Kier molecular flexibility index (Phi) is 5.96. The van der Waals surface area contributed by atoms with Gasteiger partial charge in [-0.1, -0.05) is 6.07 Å². The molecule has 1 atom stereocenters. The van der Waals surface area contributed by atoms with Gasteiger partial charge in [0.15, 0.2) is 18.2 Å². The summed E-state index contributed by atoms with van der Waals surface area (Å²) < 4.78 is 29.9. The second kappa shape index (κ2) is 8.95. The van der Waals surface area contributed by atoms with E-state index in [-0.39, 0.29) is 40.5 Å². The number of nitrogens with zero attached hydrogens (tertiary/aromatic N) is 3. The monoisotopic (exact) mass is 515 g/mol. The molecule has 35 heavy (non-hydrogen) atoms. The van der Waals surface area contributed by atoms with Crippen LogP contribution in [0.4, 0.5) is 5.69 Å². The number of thiophene rings is 1. The molecule has 13 heteroatoms. The Hall–Kier alpha value is -3.47. The van der Waals surface area contributed by atoms with Crippen molar-refractivity contribution in [3.05, 3.63) is 51.6 Å². The molecule has 5 rings (SSSR count). The molecule has 1 fully saturated rings. The number of nitrogens with one attached hydrogen (secondary N) is 1. The summed E-state index contributed by atoms with van der Waals surface area (Å²) in [4.78, 5) is 25.1. The molecule has 182 valence electrons. The summed E-state index contributed by atoms with van der Waals surface area (Å²) in [5.41, 5.74) is 5.04. The average molecular weight is 515 g/mol. The van der Waals surface area contributed by atoms with E-state index in [1.54, 1.807) is 18.2 Å². The van der Waals surface area contributed by atoms with E-state index in [0.29, 0.717) is 23.0 Å². The molecular formula is C22H22N5O6PS. The number of rotatable bonds is 8. The first-order valence-corrected chi connectivity index (χ1v) is 13.2. The van der Waals surface area contributed by atoms with Crippen LogP contribution >= 0.6 is 18.9 Å². The Morgan fingerprint density at radius 3 is 2.83 bits per heavy atom. The van der Waals surface area contributed by atoms with Gasteiger partial charge >= 0.3 is 7.52 Å². The predicted molar refractivity (Wildman–Crippen MR) is 132 cm³/mol. The van der Waals surface area contributed by atoms with Crippen LogP contribution in [0.5, 0.6) is 11.5 Å². The van der Waals surface area contributed by atoms with Crippen LogP contribution in [-0.2, 0) is 20.4 Å². The first-order chi connectivity index (χ1) is 16.8. The molecule has 3 heterocycles. The van der Waals surface area contributed by atoms with E-state index < -0.39 is 19.0 Å². The van der Waals surface area contributed by atoms with Crippen LogP contribution in [0, 0.1) is 5.92 Å². The third-order valence-corrected chi connectivity index (χ3v) is 8.45. The summed E-state index contributed by atoms with van der Waals surface area (Å²) in [6, 6.07) is 8.16. The highest BCUT2D eigenvalue weighted by molar-refractivity contribution is 7.66. The van der Waals surface area contributed by atoms with Crippen molar-refractivity contribution in [1.82, 2.24) is 9.78 Å². The maximum Gasteiger partial charge on any atom is 0.348 e. The van der Waals surface area contributed by atoms with E-state index in [4.69, 9.17) is 15.0 Å². The van der Waals surface area contributed by atoms with Crippen LogP contribution in [0.15, 0.2) is 45.3 Å². The molecule has 2 aliphatic rings. The fourth-order valence-corrected chi connectivity index (χ4v) is 5.94. The van der Waals surface area contributed by atoms with Gasteiger partial charge in [-0.2, -0.15) is 9.86 Å². The second-order valence-electron chi connectivity index (χ2n) is 8.19. The van der Waals surface area contributed by atoms with Gasteiger partial charge in [-0.3, -0.25) is 14.2 Å². The van der Waals surface area contributed by atoms with Gasteiger partial charge in [0.1, 0.15) is 17.0 Å². The van der Waals surface area contributed by atoms with E-state index in [0.717, 1.165) is 12.8 Å². The Balaban J connectivity index is 1.63. The molecule has 3 aromatic rings. The number of primary amides is 1. The molecule has 1 aliphatic carbocycles. The number of hydrogen-bond acceptors (Lipinski definition) is 9. The van der Waals surface area contributed by atoms with Crippen molar-refractivity contribution in [2.75, 3.05) is 19.0 Å². The molecular weight excluding hydrogens is 493 g/mol. The lowest BCUT2D eigenvalue weighted by atomic mass is 10.1. The van der Waals surface area contributed by atoms with Crippen LogP contribution in [-0.4, -0.2) is 40.3 Å². The largest absolute Gasteiger partial charge is 0.505 e. The summed E-state index contributed by atoms with van der Waals surface area (Å²) in [6.45, 7) is 0.0613. The molecule has 1 amide bonds. The van der Waals surface area contributed by atoms with Crippen LogP contribution in [0.1, 0.15) is 18.4 Å². The smallest absolute Gasteiger partial charge is 0.348 e. The number of amides is 1. The summed E-state index contributed by atoms with van der Waals surface area (Å²) in [5, 5.41) is 20.6. The van der Waals surface area contributed by atoms with Crippen LogP contribution in [0.25, 0.3) is 10.6 Å². The van der Waals surface area contributed by atoms with Gasteiger partial charge in [0.2, 0.25) is 0 Å². The van der Waals surface area contributed by atoms with Crippen molar-refractivity contribution in [1.29, 1.82) is 0 Å². The zero-order chi connectivity index (χ0) is 24.7. The molecule has 4 N–H and O–H groups in total. The Morgan fingerprint density at radius 1 is 1.37 bits per heavy atom. The highest BCUT2D eigenvalue weighted by atomic mass is 32.1. The van der Waals surface area contributed by atoms with E-state index in [2.05, 4.69) is 15.2 Å². The third kappa shape index (κ3) is 4.47. The number of carbonyl (C=O) groups excluding carboxylic acids is 1. The summed E-state index contributed by atoms with van der Waals surface area (Å²) in [5.74, 6) is -0.504. The highest BCUT2D eigenvalue weighted by Crippen LogP contribution is 2.52. The molecule has 1 aromatic carbocycles. The number of nitrogens with two attached hydrogens (primary N) is 1. The number of aromatic hydroxyl groups is 1. The number of amidine groups is 1. The Labute approximate surface area is 203 Å². The number of aromatic nitrogens is 2. The van der Waals surface area contributed by atoms with E-state index in [1.807, 2.05) is 11.4 Å². The van der Waals surface area contributed by atoms with Gasteiger partial charge in [-0.15, -0.1) is 11.3 Å². The zero-order valence-electron chi connectivity index (χ0n) is 18.6. The maximum absolute atomic E-state index is 13.7. The predicted octanol–water partition coefficient (Wildman–Crippen LogP) is 2.29. The number of carbonyl (C=O) groups is 1. The van der Waals surface area contributed by atoms with Gasteiger partial charge in [-0.25, -0.2) is 4.68 Å². The van der Waals surface area contributed by atoms with Crippen molar-refractivity contribution in [2.45, 2.75) is 19.4 Å². The van der Waals surface area contributed by atoms with Crippen molar-refractivity contribution >= 4 is 41.6 Å². The number of fused-ring (bicyclic) bond motifs is 1. The van der Waals surface area contributed by atoms with Crippen molar-refractivity contribution in [2.24, 2.45) is 16.4 Å². The SMILES string of the molecule is COP1(=O)N=C(c2c(O)c(-c3cccs3)nn(CC3CC3)c2=O)Nc2ccc(OCC(N)=O)cc21. The maximum atomic E-state index is 13.7. The van der Waals surface area contributed by atoms with E-state index in [9.17, 15) is 19.3 Å². The first kappa shape index (κ1) is 23.3. The van der Waals surface area contributed by atoms with Gasteiger partial charge in [0, 0.05) is 13.7 Å². The normalized spacial score (nSPS) is 18.9. The quantitative estimate of drug-likeness (QED) is 0.386. The molecule has 1 saturated carbocycles. The standard InChI is InChI=1S/C22H22N5O6PS/c1-32-34(31)15-9-13(33-11-17(23)28)6-7-14(15)24-21(26-34)18-20(29)19(16-3-2-8-35-16)25-27(22(18)30)10-12-4-5-12/h2-3,6-9,12,29H,4-5,10-11H2,1H3,(H2,23,28)(H,24,26,31). The lowest BCUT2D eigenvalue weighted by Crippen LogP contribution is -2.35. The lowest BCUT2D eigenvalue weighted by molar-refractivity contribution is -0.119. The highest BCUT2D eigenvalue weighted by Gasteiger charge is 2.36. The number of benzene rings is 1. The number of anilines is 1. The topological polar surface area (TPSA) is 158 Å². The third-order valence-electron chi connectivity index (χ3n) is 5.64. The Morgan fingerprint density at radius 2 is 2.17 bits per heavy atom. The second-order valence-corrected chi connectivity index (χ2v) is 11.2. The minimum atomic E-state index is -3.87. The summed E-state index contributed by atoms with van der Waals surface area (Å²) in [6.07, 6.45) is 2.01. The van der Waals surface area contributed by atoms with Gasteiger partial charge in [0.05, 0.1) is 15.9 Å². The molecule has 2 aromatic heterocycles. The number of hydrogen-bond donors (Lipinski definition) is 3. The van der Waals surface area contributed by atoms with Crippen LogP contribution in [0.2, 0.25) is 0 Å². The molecule has 0 bridgehead atoms. The molecule has 0 spiro atoms. The molecule has 1 unspecified atom stereocenters. The molecule has 11 nitrogen and oxygen atoms in total. The average Bonchev–Trinajstić information content (AvgIpc) is 3.49. The zero-order valence-corrected chi connectivity index (χ0v) is 20.3. The molecule has 0 radical (unpaired) electrons. The van der Waals surface area contributed by atoms with Gasteiger partial charge in [-0.05, 0) is 48.4 Å². The first-order valence-electron chi connectivity index (χ1n) is 10.8. The summed E-state index contributed by atoms with van der Waals surface area (Å²) >= 11 is 1.37. The van der Waals surface area contributed by atoms with Crippen LogP contribution in [0.3, 0.4) is 0 Å². The molecule has 1 aliphatic heterocycles. The van der Waals surface area contributed by atoms with E-state index >= 15 is 0 Å². The van der Waals surface area contributed by atoms with Crippen molar-refractivity contribution in [3.63, 3.8) is 0 Å². The fourth-order valence-electron chi connectivity index (χ4n) is 3.71. The van der Waals surface area contributed by atoms with Gasteiger partial charge < -0.3 is 25.4 Å². The van der Waals surface area contributed by atoms with Crippen molar-refractivity contribution in [3.8, 4) is 22.1 Å². The van der Waals surface area contributed by atoms with Crippen LogP contribution < -0.4 is 26.7 Å². The van der Waals surface area contributed by atoms with Crippen molar-refractivity contribution < 1.29 is 23.7 Å². The van der Waals surface area contributed by atoms with Gasteiger partial charge in [0.25, 0.3) is 11.5 Å². The fraction of sp³-hybridized carbons (Fsp3) is 0.273. The lowest BCUT2D eigenvalue weighted by Gasteiger charge is -2.25. The summed E-state index contributed by atoms with van der Waals surface area (Å²) in [7, 11) is -2.63. The Bertz CT molecular complexity index is 1450. The van der Waals surface area contributed by atoms with E-state index in [1.165, 1.54) is 29.2 Å². The minimum absolute atomic E-state index is 0.0826. The minimum Gasteiger partial charge on any atom is -0.505 e. The molecule has 0 saturated heterocycles.